The molecular formula is C21H16BrFN2O4. The SMILES string of the molecule is O=C(NN=Cc1cc(Br)ccc1OCc1cccc(F)c1)c1cc(O)cc(O)c1. The van der Waals surface area contributed by atoms with Gasteiger partial charge in [-0.05, 0) is 48.0 Å². The number of hydrogen-bond acceptors (Lipinski definition) is 5. The molecule has 1 amide bonds. The number of amides is 1. The first-order valence-corrected chi connectivity index (χ1v) is 9.23. The Morgan fingerprint density at radius 2 is 1.86 bits per heavy atom. The molecule has 0 aromatic heterocycles. The van der Waals surface area contributed by atoms with Gasteiger partial charge in [0.1, 0.15) is 29.7 Å². The third kappa shape index (κ3) is 5.79. The Labute approximate surface area is 174 Å². The van der Waals surface area contributed by atoms with Crippen molar-refractivity contribution in [2.75, 3.05) is 0 Å². The summed E-state index contributed by atoms with van der Waals surface area (Å²) in [5.41, 5.74) is 3.62. The van der Waals surface area contributed by atoms with Crippen LogP contribution in [0.4, 0.5) is 4.39 Å². The lowest BCUT2D eigenvalue weighted by Gasteiger charge is -2.10. The van der Waals surface area contributed by atoms with Gasteiger partial charge in [0, 0.05) is 21.7 Å². The minimum absolute atomic E-state index is 0.0523. The highest BCUT2D eigenvalue weighted by molar-refractivity contribution is 9.10. The van der Waals surface area contributed by atoms with E-state index >= 15 is 0 Å². The summed E-state index contributed by atoms with van der Waals surface area (Å²) in [4.78, 5) is 12.1. The molecule has 0 saturated heterocycles. The highest BCUT2D eigenvalue weighted by Gasteiger charge is 2.08. The number of hydrogen-bond donors (Lipinski definition) is 3. The van der Waals surface area contributed by atoms with E-state index in [1.807, 2.05) is 0 Å². The number of hydrazone groups is 1. The number of carbonyl (C=O) groups is 1. The summed E-state index contributed by atoms with van der Waals surface area (Å²) < 4.78 is 19.8. The number of carbonyl (C=O) groups excluding carboxylic acids is 1. The molecule has 8 heteroatoms. The molecule has 3 N–H and O–H groups in total. The van der Waals surface area contributed by atoms with Crippen molar-refractivity contribution in [3.05, 3.63) is 87.6 Å². The van der Waals surface area contributed by atoms with E-state index in [1.54, 1.807) is 30.3 Å². The van der Waals surface area contributed by atoms with Crippen LogP contribution in [0.5, 0.6) is 17.2 Å². The second-order valence-corrected chi connectivity index (χ2v) is 6.95. The molecule has 0 aliphatic carbocycles. The predicted octanol–water partition coefficient (Wildman–Crippen LogP) is 4.34. The zero-order valence-electron chi connectivity index (χ0n) is 15.0. The first kappa shape index (κ1) is 20.3. The molecule has 0 aliphatic rings. The van der Waals surface area contributed by atoms with Crippen LogP contribution in [0.1, 0.15) is 21.5 Å². The molecule has 0 unspecified atom stereocenters. The molecule has 3 aromatic rings. The maximum Gasteiger partial charge on any atom is 0.271 e. The van der Waals surface area contributed by atoms with Crippen molar-refractivity contribution in [1.29, 1.82) is 0 Å². The van der Waals surface area contributed by atoms with E-state index in [9.17, 15) is 19.4 Å². The number of halogens is 2. The third-order valence-electron chi connectivity index (χ3n) is 3.79. The molecule has 148 valence electrons. The number of benzene rings is 3. The lowest BCUT2D eigenvalue weighted by atomic mass is 10.2. The summed E-state index contributed by atoms with van der Waals surface area (Å²) in [6.45, 7) is 0.162. The van der Waals surface area contributed by atoms with E-state index < -0.39 is 5.91 Å². The van der Waals surface area contributed by atoms with Crippen molar-refractivity contribution in [3.63, 3.8) is 0 Å². The van der Waals surface area contributed by atoms with E-state index in [1.165, 1.54) is 30.5 Å². The second-order valence-electron chi connectivity index (χ2n) is 6.04. The minimum atomic E-state index is -0.607. The molecule has 0 bridgehead atoms. The molecular weight excluding hydrogens is 443 g/mol. The van der Waals surface area contributed by atoms with Gasteiger partial charge in [0.15, 0.2) is 0 Å². The van der Waals surface area contributed by atoms with Crippen molar-refractivity contribution in [2.45, 2.75) is 6.61 Å². The number of ether oxygens (including phenoxy) is 1. The summed E-state index contributed by atoms with van der Waals surface area (Å²) in [6.07, 6.45) is 1.40. The monoisotopic (exact) mass is 458 g/mol. The van der Waals surface area contributed by atoms with Crippen LogP contribution >= 0.6 is 15.9 Å². The summed E-state index contributed by atoms with van der Waals surface area (Å²) in [5.74, 6) is -0.933. The van der Waals surface area contributed by atoms with E-state index in [0.717, 1.165) is 10.5 Å². The summed E-state index contributed by atoms with van der Waals surface area (Å²) in [7, 11) is 0. The van der Waals surface area contributed by atoms with Gasteiger partial charge in [0.05, 0.1) is 6.21 Å². The normalized spacial score (nSPS) is 10.8. The fourth-order valence-corrected chi connectivity index (χ4v) is 2.87. The Morgan fingerprint density at radius 1 is 1.10 bits per heavy atom. The van der Waals surface area contributed by atoms with Crippen LogP contribution < -0.4 is 10.2 Å². The molecule has 0 radical (unpaired) electrons. The topological polar surface area (TPSA) is 91.2 Å². The molecule has 0 fully saturated rings. The molecule has 0 saturated carbocycles. The summed E-state index contributed by atoms with van der Waals surface area (Å²) in [6, 6.07) is 14.9. The van der Waals surface area contributed by atoms with Crippen LogP contribution in [-0.2, 0) is 6.61 Å². The van der Waals surface area contributed by atoms with Crippen molar-refractivity contribution < 1.29 is 24.1 Å². The molecule has 0 spiro atoms. The molecule has 3 aromatic carbocycles. The fraction of sp³-hybridized carbons (Fsp3) is 0.0476. The Bertz CT molecular complexity index is 1050. The van der Waals surface area contributed by atoms with Crippen molar-refractivity contribution in [2.24, 2.45) is 5.10 Å². The number of nitrogens with one attached hydrogen (secondary N) is 1. The summed E-state index contributed by atoms with van der Waals surface area (Å²) >= 11 is 3.37. The van der Waals surface area contributed by atoms with Gasteiger partial charge in [-0.15, -0.1) is 0 Å². The smallest absolute Gasteiger partial charge is 0.271 e. The van der Waals surface area contributed by atoms with Crippen LogP contribution in [-0.4, -0.2) is 22.3 Å². The Kier molecular flexibility index (Phi) is 6.46. The van der Waals surface area contributed by atoms with Crippen LogP contribution in [0.25, 0.3) is 0 Å². The van der Waals surface area contributed by atoms with Gasteiger partial charge in [-0.3, -0.25) is 4.79 Å². The first-order valence-electron chi connectivity index (χ1n) is 8.44. The van der Waals surface area contributed by atoms with Gasteiger partial charge in [0.25, 0.3) is 5.91 Å². The minimum Gasteiger partial charge on any atom is -0.508 e. The van der Waals surface area contributed by atoms with Crippen LogP contribution in [0.2, 0.25) is 0 Å². The number of aromatic hydroxyl groups is 2. The maximum atomic E-state index is 13.3. The van der Waals surface area contributed by atoms with Crippen molar-refractivity contribution in [3.8, 4) is 17.2 Å². The highest BCUT2D eigenvalue weighted by Crippen LogP contribution is 2.23. The van der Waals surface area contributed by atoms with E-state index in [4.69, 9.17) is 4.74 Å². The van der Waals surface area contributed by atoms with Gasteiger partial charge in [-0.2, -0.15) is 5.10 Å². The third-order valence-corrected chi connectivity index (χ3v) is 4.28. The summed E-state index contributed by atoms with van der Waals surface area (Å²) in [5, 5.41) is 22.8. The molecule has 29 heavy (non-hydrogen) atoms. The number of phenols is 2. The zero-order chi connectivity index (χ0) is 20.8. The number of nitrogens with zero attached hydrogens (tertiary/aromatic N) is 1. The first-order chi connectivity index (χ1) is 13.9. The van der Waals surface area contributed by atoms with E-state index in [-0.39, 0.29) is 29.5 Å². The van der Waals surface area contributed by atoms with E-state index in [0.29, 0.717) is 16.9 Å². The Hall–Kier alpha value is -3.39. The van der Waals surface area contributed by atoms with Gasteiger partial charge in [-0.1, -0.05) is 28.1 Å². The lowest BCUT2D eigenvalue weighted by molar-refractivity contribution is 0.0954. The molecule has 3 rings (SSSR count). The molecule has 0 aliphatic heterocycles. The van der Waals surface area contributed by atoms with Crippen LogP contribution in [0.3, 0.4) is 0 Å². The predicted molar refractivity (Wildman–Crippen MR) is 110 cm³/mol. The average molecular weight is 459 g/mol. The van der Waals surface area contributed by atoms with Crippen molar-refractivity contribution in [1.82, 2.24) is 5.43 Å². The average Bonchev–Trinajstić information content (AvgIpc) is 2.66. The van der Waals surface area contributed by atoms with Crippen LogP contribution in [0, 0.1) is 5.82 Å². The molecule has 0 heterocycles. The molecule has 0 atom stereocenters. The Morgan fingerprint density at radius 3 is 2.59 bits per heavy atom. The van der Waals surface area contributed by atoms with Gasteiger partial charge in [0.2, 0.25) is 0 Å². The second kappa shape index (κ2) is 9.20. The lowest BCUT2D eigenvalue weighted by Crippen LogP contribution is -2.17. The van der Waals surface area contributed by atoms with Gasteiger partial charge >= 0.3 is 0 Å². The number of rotatable bonds is 6. The Balaban J connectivity index is 1.71. The molecule has 6 nitrogen and oxygen atoms in total. The van der Waals surface area contributed by atoms with Gasteiger partial charge < -0.3 is 14.9 Å². The fourth-order valence-electron chi connectivity index (χ4n) is 2.49. The number of phenolic OH excluding ortho intramolecular Hbond substituents is 2. The quantitative estimate of drug-likeness (QED) is 0.378. The van der Waals surface area contributed by atoms with Crippen molar-refractivity contribution >= 4 is 28.1 Å². The largest absolute Gasteiger partial charge is 0.508 e. The van der Waals surface area contributed by atoms with Gasteiger partial charge in [-0.25, -0.2) is 9.82 Å². The van der Waals surface area contributed by atoms with Crippen LogP contribution in [0.15, 0.2) is 70.2 Å². The van der Waals surface area contributed by atoms with E-state index in [2.05, 4.69) is 26.5 Å². The maximum absolute atomic E-state index is 13.3. The zero-order valence-corrected chi connectivity index (χ0v) is 16.6. The highest BCUT2D eigenvalue weighted by atomic mass is 79.9. The standard InChI is InChI=1S/C21H16BrFN2O4/c22-16-4-5-20(29-12-13-2-1-3-17(23)6-13)15(7-16)11-24-25-21(28)14-8-18(26)10-19(27)9-14/h1-11,26-27H,12H2,(H,25,28).